The molecule has 1 aliphatic heterocycles. The van der Waals surface area contributed by atoms with Crippen molar-refractivity contribution < 1.29 is 4.74 Å². The van der Waals surface area contributed by atoms with E-state index in [0.29, 0.717) is 10.0 Å². The van der Waals surface area contributed by atoms with Crippen molar-refractivity contribution in [3.8, 4) is 6.07 Å². The molecule has 2 nitrogen and oxygen atoms in total. The van der Waals surface area contributed by atoms with Crippen molar-refractivity contribution in [2.75, 3.05) is 0 Å². The van der Waals surface area contributed by atoms with Crippen LogP contribution in [0.1, 0.15) is 12.5 Å². The zero-order valence-electron chi connectivity index (χ0n) is 7.42. The molecule has 0 saturated carbocycles. The van der Waals surface area contributed by atoms with Gasteiger partial charge in [-0.05, 0) is 25.1 Å². The van der Waals surface area contributed by atoms with E-state index in [1.165, 1.54) is 0 Å². The fourth-order valence-electron chi connectivity index (χ4n) is 1.44. The van der Waals surface area contributed by atoms with Crippen LogP contribution in [0, 0.1) is 11.3 Å². The summed E-state index contributed by atoms with van der Waals surface area (Å²) in [6, 6.07) is 7.21. The van der Waals surface area contributed by atoms with Gasteiger partial charge < -0.3 is 4.74 Å². The molecule has 0 spiro atoms. The standard InChI is InChI=1S/C10H7Cl2NO/c1-10(9(5-13)14-10)7-4-6(11)2-3-8(7)12/h2-4,9H,1H3. The maximum absolute atomic E-state index is 8.71. The van der Waals surface area contributed by atoms with Crippen molar-refractivity contribution in [2.24, 2.45) is 0 Å². The third-order valence-electron chi connectivity index (χ3n) is 2.39. The highest BCUT2D eigenvalue weighted by Gasteiger charge is 2.55. The number of ether oxygens (including phenoxy) is 1. The normalized spacial score (nSPS) is 29.7. The van der Waals surface area contributed by atoms with E-state index >= 15 is 0 Å². The highest BCUT2D eigenvalue weighted by Crippen LogP contribution is 2.48. The fraction of sp³-hybridized carbons (Fsp3) is 0.300. The van der Waals surface area contributed by atoms with E-state index in [0.717, 1.165) is 5.56 Å². The quantitative estimate of drug-likeness (QED) is 0.692. The van der Waals surface area contributed by atoms with Crippen molar-refractivity contribution in [3.05, 3.63) is 33.8 Å². The summed E-state index contributed by atoms with van der Waals surface area (Å²) in [5.74, 6) is 0. The molecule has 1 aromatic rings. The monoisotopic (exact) mass is 227 g/mol. The molecule has 1 fully saturated rings. The van der Waals surface area contributed by atoms with E-state index in [1.54, 1.807) is 18.2 Å². The predicted molar refractivity (Wildman–Crippen MR) is 54.3 cm³/mol. The molecule has 0 bridgehead atoms. The second kappa shape index (κ2) is 3.13. The summed E-state index contributed by atoms with van der Waals surface area (Å²) < 4.78 is 5.27. The maximum Gasteiger partial charge on any atom is 0.178 e. The maximum atomic E-state index is 8.71. The molecule has 2 rings (SSSR count). The second-order valence-electron chi connectivity index (χ2n) is 3.36. The molecule has 1 aliphatic rings. The van der Waals surface area contributed by atoms with Crippen LogP contribution in [0.5, 0.6) is 0 Å². The van der Waals surface area contributed by atoms with Gasteiger partial charge in [0.05, 0.1) is 6.07 Å². The lowest BCUT2D eigenvalue weighted by Crippen LogP contribution is -2.07. The van der Waals surface area contributed by atoms with Crippen LogP contribution in [0.2, 0.25) is 10.0 Å². The topological polar surface area (TPSA) is 36.3 Å². The van der Waals surface area contributed by atoms with Crippen LogP contribution in [-0.2, 0) is 10.3 Å². The Morgan fingerprint density at radius 1 is 1.50 bits per heavy atom. The highest BCUT2D eigenvalue weighted by molar-refractivity contribution is 6.33. The van der Waals surface area contributed by atoms with E-state index in [1.807, 2.05) is 6.92 Å². The van der Waals surface area contributed by atoms with Gasteiger partial charge in [-0.25, -0.2) is 0 Å². The number of hydrogen-bond acceptors (Lipinski definition) is 2. The van der Waals surface area contributed by atoms with E-state index in [-0.39, 0.29) is 0 Å². The Balaban J connectivity index is 2.44. The van der Waals surface area contributed by atoms with E-state index in [4.69, 9.17) is 33.2 Å². The van der Waals surface area contributed by atoms with Crippen molar-refractivity contribution in [3.63, 3.8) is 0 Å². The van der Waals surface area contributed by atoms with Crippen molar-refractivity contribution in [2.45, 2.75) is 18.6 Å². The Morgan fingerprint density at radius 2 is 2.21 bits per heavy atom. The van der Waals surface area contributed by atoms with Gasteiger partial charge in [0.1, 0.15) is 5.60 Å². The zero-order valence-corrected chi connectivity index (χ0v) is 8.93. The third-order valence-corrected chi connectivity index (χ3v) is 2.95. The van der Waals surface area contributed by atoms with Gasteiger partial charge in [0.15, 0.2) is 6.10 Å². The summed E-state index contributed by atoms with van der Waals surface area (Å²) in [6.07, 6.45) is -0.418. The lowest BCUT2D eigenvalue weighted by molar-refractivity contribution is 0.321. The Morgan fingerprint density at radius 3 is 2.79 bits per heavy atom. The van der Waals surface area contributed by atoms with Crippen LogP contribution in [0.3, 0.4) is 0 Å². The molecule has 4 heteroatoms. The average Bonchev–Trinajstić information content (AvgIpc) is 2.83. The second-order valence-corrected chi connectivity index (χ2v) is 4.20. The molecule has 0 aliphatic carbocycles. The molecule has 0 aromatic heterocycles. The molecule has 72 valence electrons. The Labute approximate surface area is 92.0 Å². The summed E-state index contributed by atoms with van der Waals surface area (Å²) in [7, 11) is 0. The number of benzene rings is 1. The minimum absolute atomic E-state index is 0.418. The number of nitrogens with zero attached hydrogens (tertiary/aromatic N) is 1. The first-order valence-corrected chi connectivity index (χ1v) is 4.86. The molecule has 1 aromatic carbocycles. The van der Waals surface area contributed by atoms with E-state index in [9.17, 15) is 0 Å². The molecule has 0 radical (unpaired) electrons. The summed E-state index contributed by atoms with van der Waals surface area (Å²) in [6.45, 7) is 1.83. The van der Waals surface area contributed by atoms with Crippen LogP contribution >= 0.6 is 23.2 Å². The van der Waals surface area contributed by atoms with Gasteiger partial charge in [-0.1, -0.05) is 23.2 Å². The molecule has 1 saturated heterocycles. The minimum atomic E-state index is -0.587. The smallest absolute Gasteiger partial charge is 0.178 e. The van der Waals surface area contributed by atoms with E-state index in [2.05, 4.69) is 6.07 Å². The third kappa shape index (κ3) is 1.38. The summed E-state index contributed by atoms with van der Waals surface area (Å²) >= 11 is 11.8. The Kier molecular flexibility index (Phi) is 2.19. The molecular formula is C10H7Cl2NO. The summed E-state index contributed by atoms with van der Waals surface area (Å²) in [5.41, 5.74) is 0.190. The van der Waals surface area contributed by atoms with Crippen LogP contribution in [0.15, 0.2) is 18.2 Å². The lowest BCUT2D eigenvalue weighted by atomic mass is 9.98. The van der Waals surface area contributed by atoms with Crippen molar-refractivity contribution in [1.29, 1.82) is 5.26 Å². The van der Waals surface area contributed by atoms with E-state index < -0.39 is 11.7 Å². The number of epoxide rings is 1. The summed E-state index contributed by atoms with van der Waals surface area (Å²) in [5, 5.41) is 9.89. The summed E-state index contributed by atoms with van der Waals surface area (Å²) in [4.78, 5) is 0. The van der Waals surface area contributed by atoms with Gasteiger partial charge in [-0.2, -0.15) is 5.26 Å². The molecule has 0 N–H and O–H groups in total. The largest absolute Gasteiger partial charge is 0.345 e. The number of hydrogen-bond donors (Lipinski definition) is 0. The Bertz CT molecular complexity index is 427. The first-order chi connectivity index (χ1) is 6.58. The average molecular weight is 228 g/mol. The molecule has 14 heavy (non-hydrogen) atoms. The minimum Gasteiger partial charge on any atom is -0.345 e. The number of halogens is 2. The molecule has 2 unspecified atom stereocenters. The van der Waals surface area contributed by atoms with Gasteiger partial charge in [-0.3, -0.25) is 0 Å². The SMILES string of the molecule is CC1(c2cc(Cl)ccc2Cl)OC1C#N. The number of nitriles is 1. The van der Waals surface area contributed by atoms with Crippen LogP contribution < -0.4 is 0 Å². The van der Waals surface area contributed by atoms with Crippen LogP contribution in [-0.4, -0.2) is 6.10 Å². The van der Waals surface area contributed by atoms with Gasteiger partial charge in [0.2, 0.25) is 0 Å². The first kappa shape index (κ1) is 9.79. The van der Waals surface area contributed by atoms with Crippen LogP contribution in [0.25, 0.3) is 0 Å². The number of rotatable bonds is 1. The fourth-order valence-corrected chi connectivity index (χ4v) is 1.92. The molecule has 1 heterocycles. The highest BCUT2D eigenvalue weighted by atomic mass is 35.5. The van der Waals surface area contributed by atoms with Gasteiger partial charge in [0, 0.05) is 15.6 Å². The van der Waals surface area contributed by atoms with Gasteiger partial charge in [-0.15, -0.1) is 0 Å². The molecular weight excluding hydrogens is 221 g/mol. The molecule has 2 atom stereocenters. The Hall–Kier alpha value is -0.750. The van der Waals surface area contributed by atoms with Gasteiger partial charge >= 0.3 is 0 Å². The molecule has 0 amide bonds. The van der Waals surface area contributed by atoms with Crippen molar-refractivity contribution in [1.82, 2.24) is 0 Å². The van der Waals surface area contributed by atoms with Crippen LogP contribution in [0.4, 0.5) is 0 Å². The first-order valence-electron chi connectivity index (χ1n) is 4.11. The van der Waals surface area contributed by atoms with Gasteiger partial charge in [0.25, 0.3) is 0 Å². The predicted octanol–water partition coefficient (Wildman–Crippen LogP) is 3.13. The zero-order chi connectivity index (χ0) is 10.3. The lowest BCUT2D eigenvalue weighted by Gasteiger charge is -2.08. The van der Waals surface area contributed by atoms with Crippen molar-refractivity contribution >= 4 is 23.2 Å².